The van der Waals surface area contributed by atoms with E-state index < -0.39 is 0 Å². The number of hydrogen-bond donors (Lipinski definition) is 2. The van der Waals surface area contributed by atoms with Crippen molar-refractivity contribution in [2.24, 2.45) is 0 Å². The third-order valence-electron chi connectivity index (χ3n) is 4.18. The Morgan fingerprint density at radius 1 is 1.09 bits per heavy atom. The Bertz CT molecular complexity index is 652. The van der Waals surface area contributed by atoms with Gasteiger partial charge in [-0.3, -0.25) is 0 Å². The first-order valence-electron chi connectivity index (χ1n) is 7.47. The Morgan fingerprint density at radius 3 is 2.45 bits per heavy atom. The van der Waals surface area contributed by atoms with Gasteiger partial charge in [-0.1, -0.05) is 12.1 Å². The third-order valence-corrected chi connectivity index (χ3v) is 4.18. The number of nitrogens with one attached hydrogen (secondary N) is 1. The van der Waals surface area contributed by atoms with Gasteiger partial charge in [0.05, 0.1) is 14.2 Å². The topological polar surface area (TPSA) is 50.7 Å². The molecule has 0 amide bonds. The number of ether oxygens (including phenoxy) is 2. The SMILES string of the molecule is COc1cc2c(cc1OC)[C@H](Cc1ccc(O)cc1)NCC2. The van der Waals surface area contributed by atoms with Gasteiger partial charge in [0.2, 0.25) is 0 Å². The van der Waals surface area contributed by atoms with Crippen LogP contribution >= 0.6 is 0 Å². The highest BCUT2D eigenvalue weighted by molar-refractivity contribution is 5.49. The molecule has 0 aliphatic carbocycles. The van der Waals surface area contributed by atoms with Gasteiger partial charge in [0.15, 0.2) is 11.5 Å². The highest BCUT2D eigenvalue weighted by atomic mass is 16.5. The Labute approximate surface area is 130 Å². The predicted molar refractivity (Wildman–Crippen MR) is 85.8 cm³/mol. The van der Waals surface area contributed by atoms with E-state index in [0.29, 0.717) is 5.75 Å². The van der Waals surface area contributed by atoms with Crippen molar-refractivity contribution in [3.63, 3.8) is 0 Å². The van der Waals surface area contributed by atoms with E-state index in [0.717, 1.165) is 30.9 Å². The Balaban J connectivity index is 1.91. The monoisotopic (exact) mass is 299 g/mol. The van der Waals surface area contributed by atoms with E-state index >= 15 is 0 Å². The van der Waals surface area contributed by atoms with Crippen molar-refractivity contribution in [3.8, 4) is 17.2 Å². The molecule has 0 spiro atoms. The molecule has 4 nitrogen and oxygen atoms in total. The van der Waals surface area contributed by atoms with E-state index in [1.54, 1.807) is 26.4 Å². The number of phenolic OH excluding ortho intramolecular Hbond substituents is 1. The van der Waals surface area contributed by atoms with Crippen LogP contribution in [0.4, 0.5) is 0 Å². The van der Waals surface area contributed by atoms with Gasteiger partial charge in [-0.05, 0) is 60.3 Å². The van der Waals surface area contributed by atoms with Gasteiger partial charge in [-0.2, -0.15) is 0 Å². The zero-order valence-corrected chi connectivity index (χ0v) is 12.9. The van der Waals surface area contributed by atoms with Crippen LogP contribution in [0, 0.1) is 0 Å². The van der Waals surface area contributed by atoms with Crippen LogP contribution < -0.4 is 14.8 Å². The summed E-state index contributed by atoms with van der Waals surface area (Å²) < 4.78 is 10.8. The lowest BCUT2D eigenvalue weighted by molar-refractivity contribution is 0.352. The summed E-state index contributed by atoms with van der Waals surface area (Å²) in [7, 11) is 3.33. The lowest BCUT2D eigenvalue weighted by Crippen LogP contribution is -2.31. The molecule has 0 saturated carbocycles. The van der Waals surface area contributed by atoms with Gasteiger partial charge in [-0.25, -0.2) is 0 Å². The molecule has 0 saturated heterocycles. The average Bonchev–Trinajstić information content (AvgIpc) is 2.56. The minimum absolute atomic E-state index is 0.244. The third kappa shape index (κ3) is 2.88. The maximum absolute atomic E-state index is 9.40. The van der Waals surface area contributed by atoms with Crippen LogP contribution in [0.25, 0.3) is 0 Å². The summed E-state index contributed by atoms with van der Waals surface area (Å²) in [6.07, 6.45) is 1.87. The van der Waals surface area contributed by atoms with Crippen LogP contribution in [0.5, 0.6) is 17.2 Å². The van der Waals surface area contributed by atoms with Crippen LogP contribution in [0.3, 0.4) is 0 Å². The van der Waals surface area contributed by atoms with Gasteiger partial charge in [0.1, 0.15) is 5.75 Å². The molecule has 0 unspecified atom stereocenters. The maximum Gasteiger partial charge on any atom is 0.161 e. The first-order chi connectivity index (χ1) is 10.7. The molecule has 22 heavy (non-hydrogen) atoms. The van der Waals surface area contributed by atoms with Crippen LogP contribution in [0.15, 0.2) is 36.4 Å². The summed E-state index contributed by atoms with van der Waals surface area (Å²) in [5.74, 6) is 1.85. The smallest absolute Gasteiger partial charge is 0.161 e. The molecule has 0 aromatic heterocycles. The number of methoxy groups -OCH3 is 2. The van der Waals surface area contributed by atoms with E-state index in [4.69, 9.17) is 9.47 Å². The predicted octanol–water partition coefficient (Wildman–Crippen LogP) is 2.84. The molecular formula is C18H21NO3. The molecule has 3 rings (SSSR count). The molecule has 116 valence electrons. The fourth-order valence-corrected chi connectivity index (χ4v) is 3.02. The largest absolute Gasteiger partial charge is 0.508 e. The van der Waals surface area contributed by atoms with Crippen molar-refractivity contribution >= 4 is 0 Å². The van der Waals surface area contributed by atoms with E-state index in [1.165, 1.54) is 16.7 Å². The van der Waals surface area contributed by atoms with Gasteiger partial charge in [0, 0.05) is 6.04 Å². The number of aromatic hydroxyl groups is 1. The minimum Gasteiger partial charge on any atom is -0.508 e. The summed E-state index contributed by atoms with van der Waals surface area (Å²) in [5.41, 5.74) is 3.76. The molecule has 2 aromatic rings. The summed E-state index contributed by atoms with van der Waals surface area (Å²) in [4.78, 5) is 0. The number of benzene rings is 2. The Kier molecular flexibility index (Phi) is 4.20. The molecule has 1 heterocycles. The van der Waals surface area contributed by atoms with Gasteiger partial charge >= 0.3 is 0 Å². The lowest BCUT2D eigenvalue weighted by Gasteiger charge is -2.28. The number of rotatable bonds is 4. The van der Waals surface area contributed by atoms with Crippen molar-refractivity contribution in [2.75, 3.05) is 20.8 Å². The first-order valence-corrected chi connectivity index (χ1v) is 7.47. The van der Waals surface area contributed by atoms with Crippen molar-refractivity contribution < 1.29 is 14.6 Å². The standard InChI is InChI=1S/C18H21NO3/c1-21-17-10-13-7-8-19-16(15(13)11-18(17)22-2)9-12-3-5-14(20)6-4-12/h3-6,10-11,16,19-20H,7-9H2,1-2H3/t16-/m0/s1. The van der Waals surface area contributed by atoms with Crippen molar-refractivity contribution in [1.82, 2.24) is 5.32 Å². The van der Waals surface area contributed by atoms with Gasteiger partial charge in [-0.15, -0.1) is 0 Å². The van der Waals surface area contributed by atoms with E-state index in [1.807, 2.05) is 12.1 Å². The molecule has 1 aliphatic heterocycles. The maximum atomic E-state index is 9.40. The fourth-order valence-electron chi connectivity index (χ4n) is 3.02. The molecule has 0 bridgehead atoms. The molecule has 4 heteroatoms. The second-order valence-electron chi connectivity index (χ2n) is 5.53. The zero-order valence-electron chi connectivity index (χ0n) is 12.9. The van der Waals surface area contributed by atoms with Crippen LogP contribution in [-0.2, 0) is 12.8 Å². The number of fused-ring (bicyclic) bond motifs is 1. The van der Waals surface area contributed by atoms with E-state index in [9.17, 15) is 5.11 Å². The molecule has 1 aliphatic rings. The molecular weight excluding hydrogens is 278 g/mol. The minimum atomic E-state index is 0.244. The first kappa shape index (κ1) is 14.7. The summed E-state index contributed by atoms with van der Waals surface area (Å²) in [6, 6.07) is 11.8. The zero-order chi connectivity index (χ0) is 15.5. The summed E-state index contributed by atoms with van der Waals surface area (Å²) >= 11 is 0. The number of phenols is 1. The fraction of sp³-hybridized carbons (Fsp3) is 0.333. The van der Waals surface area contributed by atoms with Crippen molar-refractivity contribution in [3.05, 3.63) is 53.1 Å². The number of hydrogen-bond acceptors (Lipinski definition) is 4. The Morgan fingerprint density at radius 2 is 1.77 bits per heavy atom. The van der Waals surface area contributed by atoms with E-state index in [-0.39, 0.29) is 6.04 Å². The molecule has 0 radical (unpaired) electrons. The second-order valence-corrected chi connectivity index (χ2v) is 5.53. The van der Waals surface area contributed by atoms with Crippen molar-refractivity contribution in [2.45, 2.75) is 18.9 Å². The van der Waals surface area contributed by atoms with Crippen LogP contribution in [0.1, 0.15) is 22.7 Å². The summed E-state index contributed by atoms with van der Waals surface area (Å²) in [5, 5.41) is 13.0. The highest BCUT2D eigenvalue weighted by Crippen LogP contribution is 2.36. The van der Waals surface area contributed by atoms with Gasteiger partial charge in [0.25, 0.3) is 0 Å². The van der Waals surface area contributed by atoms with Crippen LogP contribution in [-0.4, -0.2) is 25.9 Å². The Hall–Kier alpha value is -2.20. The normalized spacial score (nSPS) is 16.9. The van der Waals surface area contributed by atoms with E-state index in [2.05, 4.69) is 17.4 Å². The molecule has 1 atom stereocenters. The average molecular weight is 299 g/mol. The van der Waals surface area contributed by atoms with Crippen molar-refractivity contribution in [1.29, 1.82) is 0 Å². The highest BCUT2D eigenvalue weighted by Gasteiger charge is 2.22. The second kappa shape index (κ2) is 6.28. The molecule has 2 N–H and O–H groups in total. The lowest BCUT2D eigenvalue weighted by atomic mass is 9.90. The molecule has 2 aromatic carbocycles. The summed E-state index contributed by atoms with van der Waals surface area (Å²) in [6.45, 7) is 0.950. The quantitative estimate of drug-likeness (QED) is 0.911. The van der Waals surface area contributed by atoms with Gasteiger partial charge < -0.3 is 19.9 Å². The van der Waals surface area contributed by atoms with Crippen LogP contribution in [0.2, 0.25) is 0 Å². The molecule has 0 fully saturated rings.